The molecule has 9 heteroatoms. The molecule has 1 aliphatic rings. The Morgan fingerprint density at radius 1 is 1.09 bits per heavy atom. The fourth-order valence-electron chi connectivity index (χ4n) is 4.20. The molecule has 0 unspecified atom stereocenters. The summed E-state index contributed by atoms with van der Waals surface area (Å²) in [5, 5.41) is 5.05. The van der Waals surface area contributed by atoms with Gasteiger partial charge < -0.3 is 9.80 Å². The topological polar surface area (TPSA) is 37.2 Å². The van der Waals surface area contributed by atoms with Crippen molar-refractivity contribution < 1.29 is 13.2 Å². The van der Waals surface area contributed by atoms with Crippen molar-refractivity contribution in [1.82, 2.24) is 24.6 Å². The first kappa shape index (κ1) is 24.1. The molecule has 1 aliphatic heterocycles. The van der Waals surface area contributed by atoms with Gasteiger partial charge in [0.1, 0.15) is 6.54 Å². The summed E-state index contributed by atoms with van der Waals surface area (Å²) in [7, 11) is 0. The maximum absolute atomic E-state index is 12.7. The number of halogens is 4. The molecule has 0 N–H and O–H groups in total. The molecule has 4 rings (SSSR count). The van der Waals surface area contributed by atoms with Crippen molar-refractivity contribution in [3.8, 4) is 11.3 Å². The van der Waals surface area contributed by atoms with E-state index in [1.165, 1.54) is 18.1 Å². The number of hydrogen-bond donors (Lipinski definition) is 0. The van der Waals surface area contributed by atoms with Crippen LogP contribution in [0.5, 0.6) is 0 Å². The molecule has 0 amide bonds. The second-order valence-electron chi connectivity index (χ2n) is 8.50. The van der Waals surface area contributed by atoms with Crippen LogP contribution in [0.3, 0.4) is 0 Å². The Morgan fingerprint density at radius 2 is 1.79 bits per heavy atom. The number of benzene rings is 1. The Kier molecular flexibility index (Phi) is 6.89. The number of aromatic nitrogens is 3. The van der Waals surface area contributed by atoms with E-state index in [1.807, 2.05) is 18.2 Å². The molecule has 0 aliphatic carbocycles. The molecule has 0 atom stereocenters. The van der Waals surface area contributed by atoms with Crippen molar-refractivity contribution in [3.63, 3.8) is 0 Å². The number of hydrogen-bond acceptors (Lipinski definition) is 4. The molecule has 180 valence electrons. The summed E-state index contributed by atoms with van der Waals surface area (Å²) < 4.78 is 38.9. The first-order valence-electron chi connectivity index (χ1n) is 11.2. The van der Waals surface area contributed by atoms with Crippen molar-refractivity contribution in [2.75, 3.05) is 26.2 Å². The normalized spacial score (nSPS) is 14.6. The SMILES string of the molecule is C=C(CCC)N1CCN(C(=C)c2ccc3c(Cl)cc(-c4cnn(CC(F)(F)F)c4)nc3c2)CC1. The van der Waals surface area contributed by atoms with Crippen LogP contribution in [0.1, 0.15) is 25.3 Å². The monoisotopic (exact) mass is 489 g/mol. The molecule has 0 saturated carbocycles. The number of nitrogens with zero attached hydrogens (tertiary/aromatic N) is 5. The predicted octanol–water partition coefficient (Wildman–Crippen LogP) is 6.22. The summed E-state index contributed by atoms with van der Waals surface area (Å²) in [5.74, 6) is 0. The van der Waals surface area contributed by atoms with Gasteiger partial charge in [-0.15, -0.1) is 0 Å². The summed E-state index contributed by atoms with van der Waals surface area (Å²) in [6, 6.07) is 7.45. The van der Waals surface area contributed by atoms with Crippen LogP contribution in [0.4, 0.5) is 13.2 Å². The van der Waals surface area contributed by atoms with Crippen LogP contribution < -0.4 is 0 Å². The Balaban J connectivity index is 1.54. The second-order valence-corrected chi connectivity index (χ2v) is 8.91. The third kappa shape index (κ3) is 5.38. The molecular weight excluding hydrogens is 463 g/mol. The Labute approximate surface area is 202 Å². The van der Waals surface area contributed by atoms with Crippen molar-refractivity contribution in [3.05, 3.63) is 66.1 Å². The summed E-state index contributed by atoms with van der Waals surface area (Å²) in [6.45, 7) is 13.0. The van der Waals surface area contributed by atoms with Gasteiger partial charge in [-0.3, -0.25) is 4.68 Å². The highest BCUT2D eigenvalue weighted by Crippen LogP contribution is 2.31. The highest BCUT2D eigenvalue weighted by atomic mass is 35.5. The van der Waals surface area contributed by atoms with E-state index in [4.69, 9.17) is 11.6 Å². The molecule has 1 fully saturated rings. The van der Waals surface area contributed by atoms with E-state index in [0.717, 1.165) is 60.3 Å². The smallest absolute Gasteiger partial charge is 0.372 e. The number of fused-ring (bicyclic) bond motifs is 1. The molecule has 3 heterocycles. The van der Waals surface area contributed by atoms with Crippen molar-refractivity contribution in [2.24, 2.45) is 0 Å². The van der Waals surface area contributed by atoms with E-state index < -0.39 is 12.7 Å². The van der Waals surface area contributed by atoms with Gasteiger partial charge in [0.2, 0.25) is 0 Å². The highest BCUT2D eigenvalue weighted by Gasteiger charge is 2.28. The van der Waals surface area contributed by atoms with Crippen LogP contribution in [0, 0.1) is 0 Å². The van der Waals surface area contributed by atoms with E-state index >= 15 is 0 Å². The first-order valence-corrected chi connectivity index (χ1v) is 11.6. The van der Waals surface area contributed by atoms with Crippen molar-refractivity contribution >= 4 is 28.2 Å². The zero-order valence-electron chi connectivity index (χ0n) is 19.1. The molecule has 0 radical (unpaired) electrons. The lowest BCUT2D eigenvalue weighted by Crippen LogP contribution is -2.44. The van der Waals surface area contributed by atoms with Crippen molar-refractivity contribution in [1.29, 1.82) is 0 Å². The van der Waals surface area contributed by atoms with Gasteiger partial charge >= 0.3 is 6.18 Å². The minimum absolute atomic E-state index is 0.469. The average Bonchev–Trinajstić information content (AvgIpc) is 3.25. The highest BCUT2D eigenvalue weighted by molar-refractivity contribution is 6.35. The van der Waals surface area contributed by atoms with E-state index in [1.54, 1.807) is 6.07 Å². The van der Waals surface area contributed by atoms with E-state index in [-0.39, 0.29) is 0 Å². The van der Waals surface area contributed by atoms with Gasteiger partial charge in [-0.25, -0.2) is 4.98 Å². The fraction of sp³-hybridized carbons (Fsp3) is 0.360. The van der Waals surface area contributed by atoms with Gasteiger partial charge in [-0.2, -0.15) is 18.3 Å². The van der Waals surface area contributed by atoms with Gasteiger partial charge in [0.15, 0.2) is 0 Å². The lowest BCUT2D eigenvalue weighted by atomic mass is 10.1. The zero-order valence-corrected chi connectivity index (χ0v) is 19.8. The molecule has 1 aromatic carbocycles. The predicted molar refractivity (Wildman–Crippen MR) is 130 cm³/mol. The molecule has 0 bridgehead atoms. The molecular formula is C25H27ClF3N5. The summed E-state index contributed by atoms with van der Waals surface area (Å²) in [6.07, 6.45) is 0.443. The molecule has 34 heavy (non-hydrogen) atoms. The van der Waals surface area contributed by atoms with Crippen LogP contribution in [-0.4, -0.2) is 56.9 Å². The molecule has 3 aromatic rings. The zero-order chi connectivity index (χ0) is 24.5. The minimum atomic E-state index is -4.35. The third-order valence-corrected chi connectivity index (χ3v) is 6.32. The first-order chi connectivity index (χ1) is 16.1. The van der Waals surface area contributed by atoms with Gasteiger partial charge in [0, 0.05) is 54.7 Å². The number of allylic oxidation sites excluding steroid dienone is 1. The standard InChI is InChI=1S/C25H27ClF3N5/c1-4-5-17(2)32-8-10-33(11-9-32)18(3)19-6-7-21-22(26)13-23(31-24(21)12-19)20-14-30-34(15-20)16-25(27,28)29/h6-7,12-15H,2-5,8-11,16H2,1H3. The third-order valence-electron chi connectivity index (χ3n) is 6.01. The number of piperazine rings is 1. The van der Waals surface area contributed by atoms with Gasteiger partial charge in [0.05, 0.1) is 22.4 Å². The summed E-state index contributed by atoms with van der Waals surface area (Å²) in [5.41, 5.74) is 4.62. The van der Waals surface area contributed by atoms with Gasteiger partial charge in [0.25, 0.3) is 0 Å². The fourth-order valence-corrected chi connectivity index (χ4v) is 4.46. The van der Waals surface area contributed by atoms with E-state index in [9.17, 15) is 13.2 Å². The minimum Gasteiger partial charge on any atom is -0.372 e. The number of pyridine rings is 1. The van der Waals surface area contributed by atoms with Crippen LogP contribution in [0.2, 0.25) is 5.02 Å². The average molecular weight is 490 g/mol. The van der Waals surface area contributed by atoms with Crippen LogP contribution in [0.15, 0.2) is 55.5 Å². The molecule has 0 spiro atoms. The largest absolute Gasteiger partial charge is 0.408 e. The number of alkyl halides is 3. The van der Waals surface area contributed by atoms with Crippen molar-refractivity contribution in [2.45, 2.75) is 32.5 Å². The molecule has 5 nitrogen and oxygen atoms in total. The molecule has 2 aromatic heterocycles. The molecule has 1 saturated heterocycles. The summed E-state index contributed by atoms with van der Waals surface area (Å²) in [4.78, 5) is 9.25. The van der Waals surface area contributed by atoms with E-state index in [2.05, 4.69) is 40.0 Å². The lowest BCUT2D eigenvalue weighted by Gasteiger charge is -2.39. The maximum Gasteiger partial charge on any atom is 0.408 e. The van der Waals surface area contributed by atoms with E-state index in [0.29, 0.717) is 21.8 Å². The van der Waals surface area contributed by atoms with Crippen LogP contribution in [-0.2, 0) is 6.54 Å². The number of rotatable bonds is 7. The van der Waals surface area contributed by atoms with Crippen LogP contribution >= 0.6 is 11.6 Å². The van der Waals surface area contributed by atoms with Gasteiger partial charge in [-0.1, -0.05) is 50.2 Å². The van der Waals surface area contributed by atoms with Crippen LogP contribution in [0.25, 0.3) is 27.9 Å². The maximum atomic E-state index is 12.7. The Morgan fingerprint density at radius 3 is 2.47 bits per heavy atom. The Hall–Kier alpha value is -3.00. The van der Waals surface area contributed by atoms with Gasteiger partial charge in [-0.05, 0) is 24.1 Å². The lowest BCUT2D eigenvalue weighted by molar-refractivity contribution is -0.142. The quantitative estimate of drug-likeness (QED) is 0.395. The Bertz CT molecular complexity index is 1210. The summed E-state index contributed by atoms with van der Waals surface area (Å²) >= 11 is 6.48. The second kappa shape index (κ2) is 9.70.